The number of fused-ring (bicyclic) bond motifs is 1. The molecule has 4 aromatic rings. The van der Waals surface area contributed by atoms with Gasteiger partial charge in [-0.25, -0.2) is 15.0 Å². The molecule has 0 aliphatic heterocycles. The third-order valence-corrected chi connectivity index (χ3v) is 4.57. The molecule has 0 saturated carbocycles. The lowest BCUT2D eigenvalue weighted by Crippen LogP contribution is -2.30. The van der Waals surface area contributed by atoms with Gasteiger partial charge in [0.15, 0.2) is 0 Å². The van der Waals surface area contributed by atoms with Gasteiger partial charge in [0.05, 0.1) is 6.42 Å². The van der Waals surface area contributed by atoms with Gasteiger partial charge in [0.25, 0.3) is 0 Å². The molecule has 0 unspecified atom stereocenters. The van der Waals surface area contributed by atoms with Gasteiger partial charge >= 0.3 is 0 Å². The quantitative estimate of drug-likeness (QED) is 0.393. The first-order chi connectivity index (χ1) is 14.8. The molecule has 0 fully saturated rings. The van der Waals surface area contributed by atoms with E-state index < -0.39 is 0 Å². The second kappa shape index (κ2) is 9.47. The van der Waals surface area contributed by atoms with Crippen molar-refractivity contribution in [2.75, 3.05) is 23.7 Å². The number of aromatic nitrogens is 3. The van der Waals surface area contributed by atoms with Crippen LogP contribution in [0.3, 0.4) is 0 Å². The lowest BCUT2D eigenvalue weighted by atomic mass is 10.0. The first-order valence-corrected chi connectivity index (χ1v) is 9.75. The van der Waals surface area contributed by atoms with Crippen LogP contribution in [-0.4, -0.2) is 33.9 Å². The number of anilines is 3. The third kappa shape index (κ3) is 5.08. The Morgan fingerprint density at radius 2 is 1.63 bits per heavy atom. The van der Waals surface area contributed by atoms with Crippen molar-refractivity contribution in [1.29, 1.82) is 0 Å². The minimum absolute atomic E-state index is 0.00616. The summed E-state index contributed by atoms with van der Waals surface area (Å²) in [7, 11) is 0. The van der Waals surface area contributed by atoms with Crippen LogP contribution in [0.15, 0.2) is 79.3 Å². The molecule has 0 atom stereocenters. The van der Waals surface area contributed by atoms with Gasteiger partial charge in [0.1, 0.15) is 23.8 Å². The number of nitrogens with one attached hydrogen (secondary N) is 3. The number of carbonyl (C=O) groups is 1. The first-order valence-electron chi connectivity index (χ1n) is 9.75. The summed E-state index contributed by atoms with van der Waals surface area (Å²) in [5.74, 6) is 2.02. The Hall–Kier alpha value is -4.00. The van der Waals surface area contributed by atoms with E-state index in [-0.39, 0.29) is 5.91 Å². The average Bonchev–Trinajstić information content (AvgIpc) is 2.78. The minimum Gasteiger partial charge on any atom is -0.368 e. The zero-order valence-electron chi connectivity index (χ0n) is 16.4. The maximum absolute atomic E-state index is 12.3. The molecule has 0 bridgehead atoms. The molecule has 0 aliphatic carbocycles. The Bertz CT molecular complexity index is 1130. The summed E-state index contributed by atoms with van der Waals surface area (Å²) in [6.45, 7) is 1.05. The first kappa shape index (κ1) is 19.3. The lowest BCUT2D eigenvalue weighted by molar-refractivity contribution is -0.120. The highest BCUT2D eigenvalue weighted by molar-refractivity contribution is 5.90. The van der Waals surface area contributed by atoms with E-state index in [4.69, 9.17) is 0 Å². The number of rotatable bonds is 8. The van der Waals surface area contributed by atoms with E-state index in [1.54, 1.807) is 12.3 Å². The standard InChI is InChI=1S/C23H22N6O/c30-23(14-18-8-5-7-17-6-1-2-9-19(17)18)26-13-12-25-21-15-22(28-16-27-21)29-20-10-3-4-11-24-20/h1-11,15-16H,12-14H2,(H,26,30)(H2,24,25,27,28,29). The van der Waals surface area contributed by atoms with Crippen molar-refractivity contribution in [3.05, 3.63) is 84.8 Å². The molecule has 2 heterocycles. The predicted molar refractivity (Wildman–Crippen MR) is 119 cm³/mol. The van der Waals surface area contributed by atoms with Gasteiger partial charge < -0.3 is 16.0 Å². The molecule has 2 aromatic heterocycles. The highest BCUT2D eigenvalue weighted by Gasteiger charge is 2.06. The van der Waals surface area contributed by atoms with Gasteiger partial charge in [-0.1, -0.05) is 48.5 Å². The van der Waals surface area contributed by atoms with Gasteiger partial charge in [0, 0.05) is 25.4 Å². The van der Waals surface area contributed by atoms with E-state index in [1.165, 1.54) is 6.33 Å². The zero-order valence-corrected chi connectivity index (χ0v) is 16.4. The van der Waals surface area contributed by atoms with Crippen LogP contribution < -0.4 is 16.0 Å². The van der Waals surface area contributed by atoms with E-state index >= 15 is 0 Å². The van der Waals surface area contributed by atoms with Crippen molar-refractivity contribution in [1.82, 2.24) is 20.3 Å². The summed E-state index contributed by atoms with van der Waals surface area (Å²) in [5, 5.41) is 11.5. The number of carbonyl (C=O) groups excluding carboxylic acids is 1. The molecule has 7 heteroatoms. The van der Waals surface area contributed by atoms with Crippen LogP contribution >= 0.6 is 0 Å². The molecule has 0 saturated heterocycles. The number of nitrogens with zero attached hydrogens (tertiary/aromatic N) is 3. The molecule has 3 N–H and O–H groups in total. The zero-order chi connectivity index (χ0) is 20.6. The maximum atomic E-state index is 12.3. The minimum atomic E-state index is -0.00616. The SMILES string of the molecule is O=C(Cc1cccc2ccccc12)NCCNc1cc(Nc2ccccn2)ncn1. The van der Waals surface area contributed by atoms with Crippen molar-refractivity contribution in [2.24, 2.45) is 0 Å². The Kier molecular flexibility index (Phi) is 6.10. The van der Waals surface area contributed by atoms with Crippen molar-refractivity contribution < 1.29 is 4.79 Å². The summed E-state index contributed by atoms with van der Waals surface area (Å²) >= 11 is 0. The maximum Gasteiger partial charge on any atom is 0.224 e. The predicted octanol–water partition coefficient (Wildman–Crippen LogP) is 3.54. The number of benzene rings is 2. The summed E-state index contributed by atoms with van der Waals surface area (Å²) in [4.78, 5) is 25.0. The number of hydrogen-bond donors (Lipinski definition) is 3. The second-order valence-electron chi connectivity index (χ2n) is 6.72. The van der Waals surface area contributed by atoms with Crippen LogP contribution in [0.25, 0.3) is 10.8 Å². The van der Waals surface area contributed by atoms with Crippen molar-refractivity contribution in [3.8, 4) is 0 Å². The normalized spacial score (nSPS) is 10.5. The van der Waals surface area contributed by atoms with Gasteiger partial charge in [-0.3, -0.25) is 4.79 Å². The fraction of sp³-hybridized carbons (Fsp3) is 0.130. The molecule has 4 rings (SSSR count). The summed E-state index contributed by atoms with van der Waals surface area (Å²) < 4.78 is 0. The highest BCUT2D eigenvalue weighted by atomic mass is 16.1. The van der Waals surface area contributed by atoms with E-state index in [9.17, 15) is 4.79 Å². The molecule has 150 valence electrons. The topological polar surface area (TPSA) is 91.8 Å². The van der Waals surface area contributed by atoms with Gasteiger partial charge in [0.2, 0.25) is 5.91 Å². The van der Waals surface area contributed by atoms with Crippen LogP contribution in [0.2, 0.25) is 0 Å². The van der Waals surface area contributed by atoms with Crippen molar-refractivity contribution >= 4 is 34.1 Å². The van der Waals surface area contributed by atoms with E-state index in [0.29, 0.717) is 37.0 Å². The van der Waals surface area contributed by atoms with Gasteiger partial charge in [-0.05, 0) is 28.5 Å². The Morgan fingerprint density at radius 1 is 0.800 bits per heavy atom. The summed E-state index contributed by atoms with van der Waals surface area (Å²) in [5.41, 5.74) is 1.03. The van der Waals surface area contributed by atoms with Crippen molar-refractivity contribution in [2.45, 2.75) is 6.42 Å². The van der Waals surface area contributed by atoms with Gasteiger partial charge in [-0.15, -0.1) is 0 Å². The number of amides is 1. The monoisotopic (exact) mass is 398 g/mol. The van der Waals surface area contributed by atoms with Crippen LogP contribution in [-0.2, 0) is 11.2 Å². The highest BCUT2D eigenvalue weighted by Crippen LogP contribution is 2.18. The van der Waals surface area contributed by atoms with E-state index in [0.717, 1.165) is 16.3 Å². The Balaban J connectivity index is 1.26. The molecule has 2 aromatic carbocycles. The van der Waals surface area contributed by atoms with E-state index in [1.807, 2.05) is 48.5 Å². The second-order valence-corrected chi connectivity index (χ2v) is 6.72. The Morgan fingerprint density at radius 3 is 2.53 bits per heavy atom. The molecular weight excluding hydrogens is 376 g/mol. The number of pyridine rings is 1. The summed E-state index contributed by atoms with van der Waals surface area (Å²) in [6.07, 6.45) is 3.54. The fourth-order valence-corrected chi connectivity index (χ4v) is 3.16. The van der Waals surface area contributed by atoms with Crippen LogP contribution in [0.1, 0.15) is 5.56 Å². The lowest BCUT2D eigenvalue weighted by Gasteiger charge is -2.10. The molecule has 0 aliphatic rings. The van der Waals surface area contributed by atoms with Crippen LogP contribution in [0, 0.1) is 0 Å². The Labute approximate surface area is 174 Å². The smallest absolute Gasteiger partial charge is 0.224 e. The number of hydrogen-bond acceptors (Lipinski definition) is 6. The van der Waals surface area contributed by atoms with Gasteiger partial charge in [-0.2, -0.15) is 0 Å². The molecule has 0 radical (unpaired) electrons. The molecule has 30 heavy (non-hydrogen) atoms. The fourth-order valence-electron chi connectivity index (χ4n) is 3.16. The van der Waals surface area contributed by atoms with E-state index in [2.05, 4.69) is 43.0 Å². The van der Waals surface area contributed by atoms with Crippen molar-refractivity contribution in [3.63, 3.8) is 0 Å². The van der Waals surface area contributed by atoms with Crippen LogP contribution in [0.4, 0.5) is 17.5 Å². The molecule has 7 nitrogen and oxygen atoms in total. The molecule has 1 amide bonds. The molecular formula is C23H22N6O. The summed E-state index contributed by atoms with van der Waals surface area (Å²) in [6, 6.07) is 21.5. The average molecular weight is 398 g/mol. The molecule has 0 spiro atoms. The third-order valence-electron chi connectivity index (χ3n) is 4.57. The largest absolute Gasteiger partial charge is 0.368 e. The van der Waals surface area contributed by atoms with Crippen LogP contribution in [0.5, 0.6) is 0 Å².